The van der Waals surface area contributed by atoms with Crippen LogP contribution in [0, 0.1) is 5.92 Å². The summed E-state index contributed by atoms with van der Waals surface area (Å²) in [6, 6.07) is 0.235. The minimum Gasteiger partial charge on any atom is -0.353 e. The van der Waals surface area contributed by atoms with Gasteiger partial charge < -0.3 is 5.32 Å². The summed E-state index contributed by atoms with van der Waals surface area (Å²) in [4.78, 5) is 22.4. The van der Waals surface area contributed by atoms with Gasteiger partial charge in [-0.25, -0.2) is 0 Å². The lowest BCUT2D eigenvalue weighted by Crippen LogP contribution is -2.38. The van der Waals surface area contributed by atoms with Crippen molar-refractivity contribution in [2.75, 3.05) is 0 Å². The normalized spacial score (nSPS) is 18.6. The molecule has 14 heavy (non-hydrogen) atoms. The number of hydrogen-bond acceptors (Lipinski definition) is 2. The Kier molecular flexibility index (Phi) is 4.11. The van der Waals surface area contributed by atoms with Gasteiger partial charge in [-0.3, -0.25) is 9.59 Å². The van der Waals surface area contributed by atoms with E-state index in [-0.39, 0.29) is 11.9 Å². The highest BCUT2D eigenvalue weighted by Crippen LogP contribution is 2.15. The van der Waals surface area contributed by atoms with Crippen molar-refractivity contribution >= 4 is 11.7 Å². The maximum atomic E-state index is 11.4. The van der Waals surface area contributed by atoms with Crippen molar-refractivity contribution in [1.29, 1.82) is 0 Å². The number of amides is 1. The lowest BCUT2D eigenvalue weighted by molar-refractivity contribution is -0.125. The van der Waals surface area contributed by atoms with Crippen LogP contribution in [-0.4, -0.2) is 17.7 Å². The van der Waals surface area contributed by atoms with Gasteiger partial charge in [-0.1, -0.05) is 13.8 Å². The molecule has 0 aromatic rings. The molecule has 1 rings (SSSR count). The zero-order valence-electron chi connectivity index (χ0n) is 9.01. The predicted molar refractivity (Wildman–Crippen MR) is 54.9 cm³/mol. The maximum Gasteiger partial charge on any atom is 0.220 e. The number of carbonyl (C=O) groups is 2. The molecule has 1 amide bonds. The van der Waals surface area contributed by atoms with E-state index in [4.69, 9.17) is 0 Å². The molecule has 0 aromatic heterocycles. The van der Waals surface area contributed by atoms with E-state index < -0.39 is 0 Å². The summed E-state index contributed by atoms with van der Waals surface area (Å²) in [7, 11) is 0. The van der Waals surface area contributed by atoms with Crippen molar-refractivity contribution in [3.8, 4) is 0 Å². The Morgan fingerprint density at radius 2 is 2.00 bits per heavy atom. The number of ketones is 1. The van der Waals surface area contributed by atoms with E-state index in [0.717, 1.165) is 12.8 Å². The third kappa shape index (κ3) is 3.90. The molecule has 0 unspecified atom stereocenters. The Bertz CT molecular complexity index is 213. The van der Waals surface area contributed by atoms with Crippen molar-refractivity contribution < 1.29 is 9.59 Å². The SMILES string of the molecule is CC(C)CC(=O)NC1CCC(=O)CC1. The molecule has 1 aliphatic rings. The molecule has 0 radical (unpaired) electrons. The number of hydrogen-bond donors (Lipinski definition) is 1. The fourth-order valence-electron chi connectivity index (χ4n) is 1.74. The van der Waals surface area contributed by atoms with Crippen LogP contribution >= 0.6 is 0 Å². The molecule has 80 valence electrons. The summed E-state index contributed by atoms with van der Waals surface area (Å²) in [5, 5.41) is 2.98. The Balaban J connectivity index is 2.24. The molecule has 0 aromatic carbocycles. The average molecular weight is 197 g/mol. The van der Waals surface area contributed by atoms with Gasteiger partial charge >= 0.3 is 0 Å². The monoisotopic (exact) mass is 197 g/mol. The lowest BCUT2D eigenvalue weighted by atomic mass is 9.94. The predicted octanol–water partition coefficient (Wildman–Crippen LogP) is 1.66. The summed E-state index contributed by atoms with van der Waals surface area (Å²) in [5.41, 5.74) is 0. The molecule has 0 bridgehead atoms. The highest BCUT2D eigenvalue weighted by Gasteiger charge is 2.20. The van der Waals surface area contributed by atoms with Gasteiger partial charge in [-0.05, 0) is 18.8 Å². The zero-order chi connectivity index (χ0) is 10.6. The van der Waals surface area contributed by atoms with E-state index in [0.29, 0.717) is 31.0 Å². The molecule has 3 nitrogen and oxygen atoms in total. The first-order chi connectivity index (χ1) is 6.58. The average Bonchev–Trinajstić information content (AvgIpc) is 2.07. The van der Waals surface area contributed by atoms with Gasteiger partial charge in [0.05, 0.1) is 0 Å². The number of carbonyl (C=O) groups excluding carboxylic acids is 2. The highest BCUT2D eigenvalue weighted by atomic mass is 16.1. The first kappa shape index (κ1) is 11.2. The maximum absolute atomic E-state index is 11.4. The van der Waals surface area contributed by atoms with Crippen LogP contribution in [0.1, 0.15) is 46.0 Å². The van der Waals surface area contributed by atoms with Crippen molar-refractivity contribution in [3.05, 3.63) is 0 Å². The molecule has 0 atom stereocenters. The van der Waals surface area contributed by atoms with Gasteiger partial charge in [0.1, 0.15) is 5.78 Å². The molecule has 3 heteroatoms. The van der Waals surface area contributed by atoms with Crippen LogP contribution in [-0.2, 0) is 9.59 Å². The Morgan fingerprint density at radius 3 is 2.50 bits per heavy atom. The van der Waals surface area contributed by atoms with Crippen LogP contribution in [0.4, 0.5) is 0 Å². The summed E-state index contributed by atoms with van der Waals surface area (Å²) in [6.07, 6.45) is 3.50. The highest BCUT2D eigenvalue weighted by molar-refractivity contribution is 5.80. The van der Waals surface area contributed by atoms with Gasteiger partial charge in [0.25, 0.3) is 0 Å². The number of Topliss-reactive ketones (excluding diaryl/α,β-unsaturated/α-hetero) is 1. The third-order valence-corrected chi connectivity index (χ3v) is 2.50. The second-order valence-electron chi connectivity index (χ2n) is 4.48. The Hall–Kier alpha value is -0.860. The van der Waals surface area contributed by atoms with Gasteiger partial charge in [-0.15, -0.1) is 0 Å². The second-order valence-corrected chi connectivity index (χ2v) is 4.48. The Morgan fingerprint density at radius 1 is 1.43 bits per heavy atom. The first-order valence-corrected chi connectivity index (χ1v) is 5.39. The van der Waals surface area contributed by atoms with Crippen molar-refractivity contribution in [2.24, 2.45) is 5.92 Å². The third-order valence-electron chi connectivity index (χ3n) is 2.50. The van der Waals surface area contributed by atoms with Gasteiger partial charge in [0.2, 0.25) is 5.91 Å². The van der Waals surface area contributed by atoms with E-state index in [1.54, 1.807) is 0 Å². The van der Waals surface area contributed by atoms with Crippen molar-refractivity contribution in [1.82, 2.24) is 5.32 Å². The summed E-state index contributed by atoms with van der Waals surface area (Å²) in [5.74, 6) is 0.860. The molecule has 0 heterocycles. The standard InChI is InChI=1S/C11H19NO2/c1-8(2)7-11(14)12-9-3-5-10(13)6-4-9/h8-9H,3-7H2,1-2H3,(H,12,14). The molecular weight excluding hydrogens is 178 g/mol. The summed E-state index contributed by atoms with van der Waals surface area (Å²) in [6.45, 7) is 4.06. The lowest BCUT2D eigenvalue weighted by Gasteiger charge is -2.22. The minimum atomic E-state index is 0.124. The van der Waals surface area contributed by atoms with E-state index in [1.165, 1.54) is 0 Å². The fourth-order valence-corrected chi connectivity index (χ4v) is 1.74. The van der Waals surface area contributed by atoms with Gasteiger partial charge in [-0.2, -0.15) is 0 Å². The van der Waals surface area contributed by atoms with Gasteiger partial charge in [0.15, 0.2) is 0 Å². The van der Waals surface area contributed by atoms with Crippen LogP contribution in [0.5, 0.6) is 0 Å². The molecule has 1 saturated carbocycles. The topological polar surface area (TPSA) is 46.2 Å². The van der Waals surface area contributed by atoms with Crippen LogP contribution < -0.4 is 5.32 Å². The van der Waals surface area contributed by atoms with Crippen LogP contribution in [0.3, 0.4) is 0 Å². The second kappa shape index (κ2) is 5.13. The number of nitrogens with one attached hydrogen (secondary N) is 1. The molecular formula is C11H19NO2. The van der Waals surface area contributed by atoms with Crippen LogP contribution in [0.15, 0.2) is 0 Å². The zero-order valence-corrected chi connectivity index (χ0v) is 9.01. The van der Waals surface area contributed by atoms with E-state index in [9.17, 15) is 9.59 Å². The summed E-state index contributed by atoms with van der Waals surface area (Å²) >= 11 is 0. The number of rotatable bonds is 3. The molecule has 1 aliphatic carbocycles. The van der Waals surface area contributed by atoms with Crippen molar-refractivity contribution in [2.45, 2.75) is 52.0 Å². The van der Waals surface area contributed by atoms with Crippen molar-refractivity contribution in [3.63, 3.8) is 0 Å². The molecule has 1 N–H and O–H groups in total. The molecule has 0 spiro atoms. The Labute approximate surface area is 85.3 Å². The van der Waals surface area contributed by atoms with E-state index >= 15 is 0 Å². The van der Waals surface area contributed by atoms with E-state index in [1.807, 2.05) is 13.8 Å². The van der Waals surface area contributed by atoms with Crippen LogP contribution in [0.2, 0.25) is 0 Å². The van der Waals surface area contributed by atoms with E-state index in [2.05, 4.69) is 5.32 Å². The molecule has 1 fully saturated rings. The van der Waals surface area contributed by atoms with Crippen LogP contribution in [0.25, 0.3) is 0 Å². The first-order valence-electron chi connectivity index (χ1n) is 5.39. The smallest absolute Gasteiger partial charge is 0.220 e. The quantitative estimate of drug-likeness (QED) is 0.748. The van der Waals surface area contributed by atoms with Gasteiger partial charge in [0, 0.05) is 25.3 Å². The minimum absolute atomic E-state index is 0.124. The molecule has 0 aliphatic heterocycles. The largest absolute Gasteiger partial charge is 0.353 e. The summed E-state index contributed by atoms with van der Waals surface area (Å²) < 4.78 is 0. The molecule has 0 saturated heterocycles. The fraction of sp³-hybridized carbons (Fsp3) is 0.818.